The highest BCUT2D eigenvalue weighted by atomic mass is 35.5. The highest BCUT2D eigenvalue weighted by Gasteiger charge is 2.15. The number of anilines is 1. The lowest BCUT2D eigenvalue weighted by atomic mass is 10.1. The zero-order chi connectivity index (χ0) is 20.5. The first-order valence-electron chi connectivity index (χ1n) is 9.18. The Labute approximate surface area is 176 Å². The monoisotopic (exact) mass is 414 g/mol. The van der Waals surface area contributed by atoms with E-state index in [-0.39, 0.29) is 11.6 Å². The zero-order valence-corrected chi connectivity index (χ0v) is 16.4. The summed E-state index contributed by atoms with van der Waals surface area (Å²) in [5.41, 5.74) is 4.01. The van der Waals surface area contributed by atoms with Crippen molar-refractivity contribution in [1.29, 1.82) is 0 Å². The average Bonchev–Trinajstić information content (AvgIpc) is 3.44. The summed E-state index contributed by atoms with van der Waals surface area (Å²) >= 11 is 6.12. The van der Waals surface area contributed by atoms with Crippen molar-refractivity contribution in [3.8, 4) is 16.8 Å². The molecule has 1 N–H and O–H groups in total. The molecule has 0 fully saturated rings. The molecule has 0 aliphatic rings. The predicted molar refractivity (Wildman–Crippen MR) is 115 cm³/mol. The van der Waals surface area contributed by atoms with Gasteiger partial charge in [0.2, 0.25) is 0 Å². The van der Waals surface area contributed by atoms with Crippen LogP contribution in [0.4, 0.5) is 5.69 Å². The minimum atomic E-state index is -0.316. The van der Waals surface area contributed by atoms with Crippen LogP contribution in [0.25, 0.3) is 22.5 Å². The third kappa shape index (κ3) is 3.31. The molecule has 8 heteroatoms. The van der Waals surface area contributed by atoms with Crippen molar-refractivity contribution < 1.29 is 4.79 Å². The van der Waals surface area contributed by atoms with Crippen molar-refractivity contribution >= 4 is 28.8 Å². The average molecular weight is 415 g/mol. The molecule has 0 unspecified atom stereocenters. The van der Waals surface area contributed by atoms with Crippen LogP contribution >= 0.6 is 11.6 Å². The van der Waals surface area contributed by atoms with E-state index in [1.165, 1.54) is 0 Å². The SMILES string of the molecule is O=C(Nc1ccccc1-n1ccnc1)c1ccn2ncc(-c3cccc(Cl)c3)c2n1. The van der Waals surface area contributed by atoms with Crippen LogP contribution in [0.3, 0.4) is 0 Å². The van der Waals surface area contributed by atoms with Crippen LogP contribution in [0, 0.1) is 0 Å². The summed E-state index contributed by atoms with van der Waals surface area (Å²) in [7, 11) is 0. The van der Waals surface area contributed by atoms with Gasteiger partial charge in [-0.15, -0.1) is 0 Å². The van der Waals surface area contributed by atoms with Gasteiger partial charge < -0.3 is 9.88 Å². The predicted octanol–water partition coefficient (Wildman–Crippen LogP) is 4.49. The van der Waals surface area contributed by atoms with E-state index in [4.69, 9.17) is 11.6 Å². The molecule has 0 radical (unpaired) electrons. The highest BCUT2D eigenvalue weighted by Crippen LogP contribution is 2.26. The van der Waals surface area contributed by atoms with Gasteiger partial charge in [-0.3, -0.25) is 4.79 Å². The number of nitrogens with zero attached hydrogens (tertiary/aromatic N) is 5. The third-order valence-electron chi connectivity index (χ3n) is 4.67. The van der Waals surface area contributed by atoms with Gasteiger partial charge in [0, 0.05) is 29.2 Å². The Bertz CT molecular complexity index is 1360. The van der Waals surface area contributed by atoms with Crippen molar-refractivity contribution in [2.45, 2.75) is 0 Å². The normalized spacial score (nSPS) is 11.0. The van der Waals surface area contributed by atoms with Crippen LogP contribution in [-0.2, 0) is 0 Å². The van der Waals surface area contributed by atoms with Crippen LogP contribution in [0.5, 0.6) is 0 Å². The van der Waals surface area contributed by atoms with Gasteiger partial charge in [0.1, 0.15) is 5.69 Å². The van der Waals surface area contributed by atoms with E-state index < -0.39 is 0 Å². The molecule has 146 valence electrons. The standard InChI is InChI=1S/C22H15ClN6O/c23-16-5-3-4-15(12-16)17-13-25-29-10-8-19(26-21(17)29)22(30)27-18-6-1-2-7-20(18)28-11-9-24-14-28/h1-14H,(H,27,30). The summed E-state index contributed by atoms with van der Waals surface area (Å²) in [6, 6.07) is 16.6. The molecule has 0 aliphatic heterocycles. The lowest BCUT2D eigenvalue weighted by molar-refractivity contribution is 0.102. The first-order valence-corrected chi connectivity index (χ1v) is 9.56. The number of amides is 1. The van der Waals surface area contributed by atoms with Crippen LogP contribution in [0.1, 0.15) is 10.5 Å². The maximum absolute atomic E-state index is 13.0. The summed E-state index contributed by atoms with van der Waals surface area (Å²) in [6.45, 7) is 0. The van der Waals surface area contributed by atoms with Gasteiger partial charge in [-0.05, 0) is 35.9 Å². The number of hydrogen-bond acceptors (Lipinski definition) is 4. The number of hydrogen-bond donors (Lipinski definition) is 1. The van der Waals surface area contributed by atoms with E-state index in [9.17, 15) is 4.79 Å². The molecule has 0 aliphatic carbocycles. The molecule has 0 saturated heterocycles. The first-order chi connectivity index (χ1) is 14.7. The molecule has 5 rings (SSSR count). The van der Waals surface area contributed by atoms with Crippen molar-refractivity contribution in [3.63, 3.8) is 0 Å². The van der Waals surface area contributed by atoms with Gasteiger partial charge in [-0.2, -0.15) is 5.10 Å². The van der Waals surface area contributed by atoms with E-state index in [0.717, 1.165) is 16.8 Å². The minimum Gasteiger partial charge on any atom is -0.319 e. The summed E-state index contributed by atoms with van der Waals surface area (Å²) in [5, 5.41) is 7.89. The number of halogens is 1. The second-order valence-electron chi connectivity index (χ2n) is 6.59. The molecule has 0 saturated carbocycles. The fourth-order valence-electron chi connectivity index (χ4n) is 3.25. The van der Waals surface area contributed by atoms with E-state index in [2.05, 4.69) is 20.4 Å². The summed E-state index contributed by atoms with van der Waals surface area (Å²) < 4.78 is 3.47. The number of imidazole rings is 1. The Morgan fingerprint density at radius 3 is 2.77 bits per heavy atom. The van der Waals surface area contributed by atoms with Crippen LogP contribution < -0.4 is 5.32 Å². The van der Waals surface area contributed by atoms with Crippen LogP contribution in [0.15, 0.2) is 85.7 Å². The lowest BCUT2D eigenvalue weighted by Crippen LogP contribution is -2.15. The van der Waals surface area contributed by atoms with Gasteiger partial charge in [-0.1, -0.05) is 35.9 Å². The second kappa shape index (κ2) is 7.46. The van der Waals surface area contributed by atoms with Crippen LogP contribution in [0.2, 0.25) is 5.02 Å². The fourth-order valence-corrected chi connectivity index (χ4v) is 3.44. The van der Waals surface area contributed by atoms with Gasteiger partial charge in [0.05, 0.1) is 23.9 Å². The molecule has 0 atom stereocenters. The van der Waals surface area contributed by atoms with Gasteiger partial charge in [0.15, 0.2) is 5.65 Å². The zero-order valence-electron chi connectivity index (χ0n) is 15.6. The number of rotatable bonds is 4. The summed E-state index contributed by atoms with van der Waals surface area (Å²) in [6.07, 6.45) is 8.61. The molecule has 5 aromatic rings. The number of fused-ring (bicyclic) bond motifs is 1. The van der Waals surface area contributed by atoms with E-state index in [1.807, 2.05) is 53.2 Å². The number of carbonyl (C=O) groups is 1. The largest absolute Gasteiger partial charge is 0.319 e. The molecule has 3 aromatic heterocycles. The van der Waals surface area contributed by atoms with E-state index >= 15 is 0 Å². The fraction of sp³-hybridized carbons (Fsp3) is 0. The quantitative estimate of drug-likeness (QED) is 0.470. The first kappa shape index (κ1) is 18.1. The van der Waals surface area contributed by atoms with Crippen molar-refractivity contribution in [2.75, 3.05) is 5.32 Å². The molecule has 0 bridgehead atoms. The maximum atomic E-state index is 13.0. The molecule has 0 spiro atoms. The smallest absolute Gasteiger partial charge is 0.274 e. The van der Waals surface area contributed by atoms with Crippen molar-refractivity contribution in [2.24, 2.45) is 0 Å². The second-order valence-corrected chi connectivity index (χ2v) is 7.03. The number of carbonyl (C=O) groups excluding carboxylic acids is 1. The molecule has 1 amide bonds. The summed E-state index contributed by atoms with van der Waals surface area (Å²) in [5.74, 6) is -0.316. The van der Waals surface area contributed by atoms with Gasteiger partial charge in [-0.25, -0.2) is 14.5 Å². The lowest BCUT2D eigenvalue weighted by Gasteiger charge is -2.11. The van der Waals surface area contributed by atoms with Crippen molar-refractivity contribution in [1.82, 2.24) is 24.1 Å². The Balaban J connectivity index is 1.50. The van der Waals surface area contributed by atoms with Crippen LogP contribution in [-0.4, -0.2) is 30.1 Å². The molecule has 30 heavy (non-hydrogen) atoms. The molecule has 7 nitrogen and oxygen atoms in total. The number of aromatic nitrogens is 5. The van der Waals surface area contributed by atoms with E-state index in [0.29, 0.717) is 16.4 Å². The van der Waals surface area contributed by atoms with Crippen molar-refractivity contribution in [3.05, 3.63) is 96.4 Å². The molecular formula is C22H15ClN6O. The van der Waals surface area contributed by atoms with E-state index in [1.54, 1.807) is 41.6 Å². The van der Waals surface area contributed by atoms with Gasteiger partial charge in [0.25, 0.3) is 5.91 Å². The highest BCUT2D eigenvalue weighted by molar-refractivity contribution is 6.30. The Hall–Kier alpha value is -3.97. The molecular weight excluding hydrogens is 400 g/mol. The number of para-hydroxylation sites is 2. The Morgan fingerprint density at radius 1 is 1.03 bits per heavy atom. The summed E-state index contributed by atoms with van der Waals surface area (Å²) in [4.78, 5) is 21.6. The Kier molecular flexibility index (Phi) is 4.49. The Morgan fingerprint density at radius 2 is 1.93 bits per heavy atom. The third-order valence-corrected chi connectivity index (χ3v) is 4.91. The molecule has 2 aromatic carbocycles. The number of nitrogens with one attached hydrogen (secondary N) is 1. The maximum Gasteiger partial charge on any atom is 0.274 e. The minimum absolute atomic E-state index is 0.284. The number of benzene rings is 2. The topological polar surface area (TPSA) is 77.1 Å². The van der Waals surface area contributed by atoms with Gasteiger partial charge >= 0.3 is 0 Å². The molecule has 3 heterocycles.